The van der Waals surface area contributed by atoms with Gasteiger partial charge in [0.15, 0.2) is 0 Å². The van der Waals surface area contributed by atoms with Gasteiger partial charge < -0.3 is 10.2 Å². The predicted molar refractivity (Wildman–Crippen MR) is 82.7 cm³/mol. The summed E-state index contributed by atoms with van der Waals surface area (Å²) in [5.74, 6) is 0.211. The highest BCUT2D eigenvalue weighted by molar-refractivity contribution is 5.95. The number of nitrogens with zero attached hydrogens (tertiary/aromatic N) is 1. The van der Waals surface area contributed by atoms with Crippen LogP contribution in [-0.4, -0.2) is 35.8 Å². The van der Waals surface area contributed by atoms with E-state index in [0.717, 1.165) is 19.3 Å². The fourth-order valence-electron chi connectivity index (χ4n) is 2.82. The maximum atomic E-state index is 12.1. The number of hydrogen-bond acceptors (Lipinski definition) is 2. The minimum Gasteiger partial charge on any atom is -0.345 e. The lowest BCUT2D eigenvalue weighted by molar-refractivity contribution is -0.147. The van der Waals surface area contributed by atoms with Crippen LogP contribution in [0.4, 0.5) is 0 Å². The van der Waals surface area contributed by atoms with Crippen LogP contribution < -0.4 is 5.32 Å². The van der Waals surface area contributed by atoms with E-state index >= 15 is 0 Å². The summed E-state index contributed by atoms with van der Waals surface area (Å²) in [6, 6.07) is 9.93. The molecule has 1 aliphatic rings. The number of rotatable bonds is 6. The van der Waals surface area contributed by atoms with Gasteiger partial charge in [0.25, 0.3) is 0 Å². The summed E-state index contributed by atoms with van der Waals surface area (Å²) in [7, 11) is 0. The average Bonchev–Trinajstić information content (AvgIpc) is 2.51. The van der Waals surface area contributed by atoms with Crippen LogP contribution in [0.2, 0.25) is 0 Å². The second-order valence-electron chi connectivity index (χ2n) is 5.72. The van der Waals surface area contributed by atoms with Crippen LogP contribution in [0.15, 0.2) is 30.3 Å². The first kappa shape index (κ1) is 15.5. The summed E-state index contributed by atoms with van der Waals surface area (Å²) in [5.41, 5.74) is 1.27. The third-order valence-corrected chi connectivity index (χ3v) is 4.23. The van der Waals surface area contributed by atoms with E-state index in [0.29, 0.717) is 6.54 Å². The Bertz CT molecular complexity index is 487. The van der Waals surface area contributed by atoms with Crippen molar-refractivity contribution in [2.75, 3.05) is 13.1 Å². The van der Waals surface area contributed by atoms with Gasteiger partial charge >= 0.3 is 0 Å². The highest BCUT2D eigenvalue weighted by Crippen LogP contribution is 2.19. The minimum atomic E-state index is -0.313. The first-order chi connectivity index (χ1) is 10.1. The number of hydrogen-bond donors (Lipinski definition) is 1. The topological polar surface area (TPSA) is 49.4 Å². The van der Waals surface area contributed by atoms with Crippen LogP contribution in [-0.2, 0) is 16.0 Å². The highest BCUT2D eigenvalue weighted by atomic mass is 16.2. The van der Waals surface area contributed by atoms with Crippen molar-refractivity contribution in [1.82, 2.24) is 10.2 Å². The Morgan fingerprint density at radius 3 is 2.67 bits per heavy atom. The van der Waals surface area contributed by atoms with Gasteiger partial charge in [-0.05, 0) is 24.3 Å². The van der Waals surface area contributed by atoms with Crippen molar-refractivity contribution < 1.29 is 9.59 Å². The van der Waals surface area contributed by atoms with Gasteiger partial charge in [0.05, 0.1) is 6.54 Å². The van der Waals surface area contributed by atoms with Crippen LogP contribution >= 0.6 is 0 Å². The van der Waals surface area contributed by atoms with E-state index in [-0.39, 0.29) is 30.3 Å². The zero-order valence-electron chi connectivity index (χ0n) is 12.8. The van der Waals surface area contributed by atoms with Gasteiger partial charge in [-0.2, -0.15) is 0 Å². The van der Waals surface area contributed by atoms with Crippen molar-refractivity contribution in [2.24, 2.45) is 5.92 Å². The standard InChI is InChI=1S/C17H24N2O2/c1-3-13(2)16-17(21)18-12-15(20)19(16)11-7-10-14-8-5-4-6-9-14/h4-6,8-9,13,16H,3,7,10-12H2,1-2H3,(H,18,21). The van der Waals surface area contributed by atoms with Crippen molar-refractivity contribution in [1.29, 1.82) is 0 Å². The van der Waals surface area contributed by atoms with Crippen molar-refractivity contribution in [2.45, 2.75) is 39.2 Å². The Morgan fingerprint density at radius 2 is 2.00 bits per heavy atom. The van der Waals surface area contributed by atoms with Gasteiger partial charge in [-0.3, -0.25) is 9.59 Å². The van der Waals surface area contributed by atoms with E-state index in [9.17, 15) is 9.59 Å². The number of aryl methyl sites for hydroxylation is 1. The predicted octanol–water partition coefficient (Wildman–Crippen LogP) is 1.99. The molecule has 1 heterocycles. The van der Waals surface area contributed by atoms with E-state index in [2.05, 4.69) is 24.4 Å². The highest BCUT2D eigenvalue weighted by Gasteiger charge is 2.36. The van der Waals surface area contributed by atoms with E-state index in [1.807, 2.05) is 25.1 Å². The molecule has 1 fully saturated rings. The lowest BCUT2D eigenvalue weighted by Crippen LogP contribution is -2.60. The quantitative estimate of drug-likeness (QED) is 0.870. The summed E-state index contributed by atoms with van der Waals surface area (Å²) in [4.78, 5) is 26.0. The van der Waals surface area contributed by atoms with Crippen LogP contribution in [0.25, 0.3) is 0 Å². The zero-order chi connectivity index (χ0) is 15.2. The summed E-state index contributed by atoms with van der Waals surface area (Å²) in [6.45, 7) is 4.87. The SMILES string of the molecule is CCC(C)C1C(=O)NCC(=O)N1CCCc1ccccc1. The van der Waals surface area contributed by atoms with Gasteiger partial charge in [0, 0.05) is 6.54 Å². The van der Waals surface area contributed by atoms with Gasteiger partial charge in [-0.15, -0.1) is 0 Å². The molecule has 2 amide bonds. The summed E-state index contributed by atoms with van der Waals surface area (Å²) < 4.78 is 0. The Labute approximate surface area is 126 Å². The molecule has 0 aliphatic carbocycles. The molecule has 1 saturated heterocycles. The molecular weight excluding hydrogens is 264 g/mol. The fourth-order valence-corrected chi connectivity index (χ4v) is 2.82. The molecule has 2 rings (SSSR count). The van der Waals surface area contributed by atoms with Crippen molar-refractivity contribution in [3.8, 4) is 0 Å². The third-order valence-electron chi connectivity index (χ3n) is 4.23. The molecule has 0 spiro atoms. The van der Waals surface area contributed by atoms with Crippen molar-refractivity contribution >= 4 is 11.8 Å². The Hall–Kier alpha value is -1.84. The first-order valence-electron chi connectivity index (χ1n) is 7.74. The van der Waals surface area contributed by atoms with Crippen molar-refractivity contribution in [3.05, 3.63) is 35.9 Å². The molecule has 4 heteroatoms. The van der Waals surface area contributed by atoms with E-state index in [1.54, 1.807) is 4.90 Å². The normalized spacial score (nSPS) is 20.3. The third kappa shape index (κ3) is 3.84. The number of benzene rings is 1. The molecule has 4 nitrogen and oxygen atoms in total. The molecule has 114 valence electrons. The number of carbonyl (C=O) groups is 2. The monoisotopic (exact) mass is 288 g/mol. The number of piperazine rings is 1. The Morgan fingerprint density at radius 1 is 1.29 bits per heavy atom. The minimum absolute atomic E-state index is 0.0105. The molecule has 0 radical (unpaired) electrons. The first-order valence-corrected chi connectivity index (χ1v) is 7.74. The largest absolute Gasteiger partial charge is 0.345 e. The van der Waals surface area contributed by atoms with Gasteiger partial charge in [0.2, 0.25) is 11.8 Å². The van der Waals surface area contributed by atoms with E-state index in [1.165, 1.54) is 5.56 Å². The van der Waals surface area contributed by atoms with E-state index in [4.69, 9.17) is 0 Å². The molecule has 1 aromatic rings. The molecule has 21 heavy (non-hydrogen) atoms. The Kier molecular flexibility index (Phi) is 5.37. The lowest BCUT2D eigenvalue weighted by Gasteiger charge is -2.38. The molecule has 1 aliphatic heterocycles. The van der Waals surface area contributed by atoms with Gasteiger partial charge in [-0.25, -0.2) is 0 Å². The Balaban J connectivity index is 1.97. The number of nitrogens with one attached hydrogen (secondary N) is 1. The number of carbonyl (C=O) groups excluding carboxylic acids is 2. The molecule has 0 saturated carbocycles. The smallest absolute Gasteiger partial charge is 0.243 e. The average molecular weight is 288 g/mol. The number of amides is 2. The maximum absolute atomic E-state index is 12.1. The van der Waals surface area contributed by atoms with Gasteiger partial charge in [-0.1, -0.05) is 50.6 Å². The molecule has 1 N–H and O–H groups in total. The summed E-state index contributed by atoms with van der Waals surface area (Å²) >= 11 is 0. The molecule has 0 aromatic heterocycles. The van der Waals surface area contributed by atoms with Gasteiger partial charge in [0.1, 0.15) is 6.04 Å². The second kappa shape index (κ2) is 7.25. The van der Waals surface area contributed by atoms with Crippen molar-refractivity contribution in [3.63, 3.8) is 0 Å². The molecule has 2 unspecified atom stereocenters. The van der Waals surface area contributed by atoms with E-state index < -0.39 is 0 Å². The maximum Gasteiger partial charge on any atom is 0.243 e. The molecular formula is C17H24N2O2. The van der Waals surface area contributed by atoms with Crippen LogP contribution in [0.5, 0.6) is 0 Å². The molecule has 1 aromatic carbocycles. The lowest BCUT2D eigenvalue weighted by atomic mass is 9.94. The second-order valence-corrected chi connectivity index (χ2v) is 5.72. The van der Waals surface area contributed by atoms with Crippen LogP contribution in [0.3, 0.4) is 0 Å². The molecule has 0 bridgehead atoms. The van der Waals surface area contributed by atoms with Crippen LogP contribution in [0, 0.1) is 5.92 Å². The summed E-state index contributed by atoms with van der Waals surface area (Å²) in [6.07, 6.45) is 2.70. The van der Waals surface area contributed by atoms with Crippen LogP contribution in [0.1, 0.15) is 32.3 Å². The zero-order valence-corrected chi connectivity index (χ0v) is 12.8. The molecule has 2 atom stereocenters. The fraction of sp³-hybridized carbons (Fsp3) is 0.529. The summed E-state index contributed by atoms with van der Waals surface area (Å²) in [5, 5.41) is 2.71.